The lowest BCUT2D eigenvalue weighted by molar-refractivity contribution is -0.151. The summed E-state index contributed by atoms with van der Waals surface area (Å²) in [5.74, 6) is -0.501. The highest BCUT2D eigenvalue weighted by molar-refractivity contribution is 5.77. The quantitative estimate of drug-likeness (QED) is 0.0324. The van der Waals surface area contributed by atoms with Crippen LogP contribution in [0, 0.1) is 0 Å². The van der Waals surface area contributed by atoms with Crippen molar-refractivity contribution in [2.45, 2.75) is 270 Å². The Bertz CT molecular complexity index is 946. The first-order chi connectivity index (χ1) is 28.0. The molecule has 3 unspecified atom stereocenters. The molecule has 0 rings (SSSR count). The summed E-state index contributed by atoms with van der Waals surface area (Å²) in [6.45, 7) is 6.33. The molecule has 0 aromatic heterocycles. The zero-order valence-corrected chi connectivity index (χ0v) is 38.0. The van der Waals surface area contributed by atoms with Gasteiger partial charge in [-0.1, -0.05) is 231 Å². The highest BCUT2D eigenvalue weighted by Crippen LogP contribution is 2.18. The molecule has 6 nitrogen and oxygen atoms in total. The number of ether oxygens (including phenoxy) is 1. The van der Waals surface area contributed by atoms with E-state index in [1.807, 2.05) is 12.2 Å². The summed E-state index contributed by atoms with van der Waals surface area (Å²) in [4.78, 5) is 26.0. The lowest BCUT2D eigenvalue weighted by Gasteiger charge is -2.24. The third-order valence-electron chi connectivity index (χ3n) is 11.3. The first-order valence-corrected chi connectivity index (χ1v) is 24.7. The minimum absolute atomic E-state index is 0.0578. The number of carbonyl (C=O) groups excluding carboxylic acids is 2. The number of amides is 1. The predicted molar refractivity (Wildman–Crippen MR) is 246 cm³/mol. The Labute approximate surface area is 353 Å². The molecule has 57 heavy (non-hydrogen) atoms. The third-order valence-corrected chi connectivity index (χ3v) is 11.3. The Morgan fingerprint density at radius 3 is 1.42 bits per heavy atom. The normalized spacial score (nSPS) is 13.6. The number of allylic oxidation sites excluding steroid dienone is 6. The zero-order chi connectivity index (χ0) is 41.7. The second kappa shape index (κ2) is 45.2. The van der Waals surface area contributed by atoms with Crippen molar-refractivity contribution < 1.29 is 24.5 Å². The fourth-order valence-corrected chi connectivity index (χ4v) is 7.55. The van der Waals surface area contributed by atoms with Crippen molar-refractivity contribution in [3.8, 4) is 0 Å². The van der Waals surface area contributed by atoms with Crippen LogP contribution in [-0.2, 0) is 14.3 Å². The van der Waals surface area contributed by atoms with Crippen molar-refractivity contribution in [2.24, 2.45) is 0 Å². The van der Waals surface area contributed by atoms with E-state index in [4.69, 9.17) is 4.74 Å². The van der Waals surface area contributed by atoms with Crippen LogP contribution in [0.3, 0.4) is 0 Å². The van der Waals surface area contributed by atoms with Crippen LogP contribution in [0.1, 0.15) is 252 Å². The molecule has 0 radical (unpaired) electrons. The topological polar surface area (TPSA) is 95.9 Å². The van der Waals surface area contributed by atoms with Crippen molar-refractivity contribution in [1.82, 2.24) is 5.32 Å². The van der Waals surface area contributed by atoms with Gasteiger partial charge in [0.25, 0.3) is 0 Å². The maximum atomic E-state index is 13.1. The van der Waals surface area contributed by atoms with Gasteiger partial charge >= 0.3 is 5.97 Å². The molecule has 3 N–H and O–H groups in total. The molecule has 0 aliphatic heterocycles. The van der Waals surface area contributed by atoms with E-state index in [1.165, 1.54) is 135 Å². The number of rotatable bonds is 44. The molecular formula is C51H95NO5. The van der Waals surface area contributed by atoms with Crippen LogP contribution < -0.4 is 5.32 Å². The maximum Gasteiger partial charge on any atom is 0.306 e. The molecule has 0 bridgehead atoms. The van der Waals surface area contributed by atoms with Gasteiger partial charge < -0.3 is 20.3 Å². The molecule has 0 aliphatic carbocycles. The number of esters is 1. The second-order valence-electron chi connectivity index (χ2n) is 16.9. The molecule has 0 saturated carbocycles. The molecule has 0 spiro atoms. The number of aliphatic hydroxyl groups excluding tert-OH is 2. The smallest absolute Gasteiger partial charge is 0.306 e. The Kier molecular flexibility index (Phi) is 43.6. The van der Waals surface area contributed by atoms with Crippen molar-refractivity contribution in [2.75, 3.05) is 6.61 Å². The molecular weight excluding hydrogens is 707 g/mol. The van der Waals surface area contributed by atoms with E-state index in [-0.39, 0.29) is 24.9 Å². The van der Waals surface area contributed by atoms with Crippen LogP contribution >= 0.6 is 0 Å². The van der Waals surface area contributed by atoms with E-state index in [0.717, 1.165) is 70.6 Å². The van der Waals surface area contributed by atoms with E-state index >= 15 is 0 Å². The summed E-state index contributed by atoms with van der Waals surface area (Å²) in [5.41, 5.74) is 0. The van der Waals surface area contributed by atoms with Gasteiger partial charge in [-0.25, -0.2) is 0 Å². The number of hydrogen-bond donors (Lipinski definition) is 3. The number of unbranched alkanes of at least 4 members (excludes halogenated alkanes) is 28. The van der Waals surface area contributed by atoms with Gasteiger partial charge in [0.15, 0.2) is 0 Å². The average molecular weight is 802 g/mol. The molecule has 0 aromatic carbocycles. The van der Waals surface area contributed by atoms with Gasteiger partial charge in [0.1, 0.15) is 6.10 Å². The van der Waals surface area contributed by atoms with Crippen LogP contribution in [0.15, 0.2) is 36.5 Å². The van der Waals surface area contributed by atoms with Gasteiger partial charge in [-0.05, 0) is 44.9 Å². The summed E-state index contributed by atoms with van der Waals surface area (Å²) in [5, 5.41) is 23.6. The molecule has 0 saturated heterocycles. The lowest BCUT2D eigenvalue weighted by atomic mass is 10.0. The number of carbonyl (C=O) groups is 2. The average Bonchev–Trinajstić information content (AvgIpc) is 3.20. The van der Waals surface area contributed by atoms with E-state index in [0.29, 0.717) is 19.3 Å². The van der Waals surface area contributed by atoms with Crippen molar-refractivity contribution >= 4 is 11.9 Å². The molecule has 0 fully saturated rings. The first-order valence-electron chi connectivity index (χ1n) is 24.7. The van der Waals surface area contributed by atoms with Gasteiger partial charge in [-0.15, -0.1) is 0 Å². The van der Waals surface area contributed by atoms with E-state index in [9.17, 15) is 19.8 Å². The molecule has 1 amide bonds. The molecule has 6 heteroatoms. The summed E-state index contributed by atoms with van der Waals surface area (Å²) >= 11 is 0. The van der Waals surface area contributed by atoms with E-state index in [1.54, 1.807) is 0 Å². The van der Waals surface area contributed by atoms with Crippen molar-refractivity contribution in [3.63, 3.8) is 0 Å². The molecule has 0 heterocycles. The van der Waals surface area contributed by atoms with Crippen LogP contribution in [0.4, 0.5) is 0 Å². The highest BCUT2D eigenvalue weighted by Gasteiger charge is 2.24. The second-order valence-corrected chi connectivity index (χ2v) is 16.9. The van der Waals surface area contributed by atoms with Crippen LogP contribution in [0.5, 0.6) is 0 Å². The van der Waals surface area contributed by atoms with Gasteiger partial charge in [-0.2, -0.15) is 0 Å². The fraction of sp³-hybridized carbons (Fsp3) is 0.843. The van der Waals surface area contributed by atoms with E-state index < -0.39 is 18.2 Å². The molecule has 334 valence electrons. The zero-order valence-electron chi connectivity index (χ0n) is 38.0. The molecule has 0 aromatic rings. The number of aliphatic hydroxyl groups is 2. The van der Waals surface area contributed by atoms with Crippen LogP contribution in [0.25, 0.3) is 0 Å². The Hall–Kier alpha value is -1.92. The summed E-state index contributed by atoms with van der Waals surface area (Å²) in [6, 6.07) is -0.708. The summed E-state index contributed by atoms with van der Waals surface area (Å²) in [6.07, 6.45) is 52.1. The Morgan fingerprint density at radius 1 is 0.526 bits per heavy atom. The molecule has 3 atom stereocenters. The summed E-state index contributed by atoms with van der Waals surface area (Å²) in [7, 11) is 0. The van der Waals surface area contributed by atoms with E-state index in [2.05, 4.69) is 50.4 Å². The van der Waals surface area contributed by atoms with Gasteiger partial charge in [0.2, 0.25) is 5.91 Å². The minimum Gasteiger partial charge on any atom is -0.462 e. The van der Waals surface area contributed by atoms with Crippen molar-refractivity contribution in [1.29, 1.82) is 0 Å². The lowest BCUT2D eigenvalue weighted by Crippen LogP contribution is -2.46. The standard InChI is InChI=1S/C51H95NO5/c1-4-7-10-13-16-19-22-23-24-25-26-27-29-32-35-38-41-44-51(56)57-47(42-39-36-33-30-28-20-17-14-11-8-5-2)45-50(55)52-48(46-53)49(54)43-40-37-34-31-21-18-15-12-9-6-3/h8,11,14,17,20,28,47-49,53-54H,4-7,9-10,12-13,15-16,18-19,21-27,29-46H2,1-3H3,(H,52,55)/b11-8+,17-14+,28-20-. The van der Waals surface area contributed by atoms with Gasteiger partial charge in [0.05, 0.1) is 25.2 Å². The summed E-state index contributed by atoms with van der Waals surface area (Å²) < 4.78 is 5.90. The monoisotopic (exact) mass is 802 g/mol. The largest absolute Gasteiger partial charge is 0.462 e. The minimum atomic E-state index is -0.792. The van der Waals surface area contributed by atoms with Crippen LogP contribution in [-0.4, -0.2) is 46.9 Å². The van der Waals surface area contributed by atoms with Gasteiger partial charge in [-0.3, -0.25) is 9.59 Å². The Balaban J connectivity index is 4.52. The maximum absolute atomic E-state index is 13.1. The van der Waals surface area contributed by atoms with Crippen LogP contribution in [0.2, 0.25) is 0 Å². The number of hydrogen-bond acceptors (Lipinski definition) is 5. The molecule has 0 aliphatic rings. The Morgan fingerprint density at radius 2 is 0.947 bits per heavy atom. The van der Waals surface area contributed by atoms with Crippen molar-refractivity contribution in [3.05, 3.63) is 36.5 Å². The SMILES string of the molecule is CC/C=C/C=C/C=C\CCCCCC(CC(=O)NC(CO)C(O)CCCCCCCCCCCC)OC(=O)CCCCCCCCCCCCCCCCCCC. The first kappa shape index (κ1) is 55.1. The predicted octanol–water partition coefficient (Wildman–Crippen LogP) is 14.5. The highest BCUT2D eigenvalue weighted by atomic mass is 16.5. The fourth-order valence-electron chi connectivity index (χ4n) is 7.55. The van der Waals surface area contributed by atoms with Gasteiger partial charge in [0, 0.05) is 6.42 Å². The number of nitrogens with one attached hydrogen (secondary N) is 1. The third kappa shape index (κ3) is 40.6.